The summed E-state index contributed by atoms with van der Waals surface area (Å²) in [6, 6.07) is 13.1. The number of aromatic nitrogens is 1. The standard InChI is InChI=1S/C42H48FN5O9S/c1-41(2,3)56-39(51)48(40(52)57-42(4,5)6)37-31-14-10-28(21-32(31)33(43)22-44-37)46-36-25-17-24(18-29(20-25)55-8)9-16-35(49)45-27-11-15-34(58(53,54)30-12-13-30)26(19-27)23-47(7)38(36)50/h10-11,14-15,17-22,30,36,46H,9,12-13,16,23H2,1-8H3,(H,45,49). The van der Waals surface area contributed by atoms with Gasteiger partial charge in [0, 0.05) is 42.2 Å². The molecule has 308 valence electrons. The van der Waals surface area contributed by atoms with E-state index in [1.54, 1.807) is 85.0 Å². The first-order chi connectivity index (χ1) is 27.1. The van der Waals surface area contributed by atoms with E-state index in [9.17, 15) is 27.6 Å². The predicted octanol–water partition coefficient (Wildman–Crippen LogP) is 7.69. The summed E-state index contributed by atoms with van der Waals surface area (Å²) < 4.78 is 59.4. The van der Waals surface area contributed by atoms with Gasteiger partial charge in [-0.15, -0.1) is 0 Å². The van der Waals surface area contributed by atoms with Gasteiger partial charge in [-0.1, -0.05) is 6.07 Å². The Morgan fingerprint density at radius 2 is 1.59 bits per heavy atom. The van der Waals surface area contributed by atoms with Gasteiger partial charge < -0.3 is 29.7 Å². The second-order valence-electron chi connectivity index (χ2n) is 16.5. The Morgan fingerprint density at radius 1 is 0.914 bits per heavy atom. The van der Waals surface area contributed by atoms with E-state index in [0.717, 1.165) is 6.20 Å². The van der Waals surface area contributed by atoms with E-state index in [0.29, 0.717) is 45.9 Å². The number of nitrogens with zero attached hydrogens (tertiary/aromatic N) is 3. The molecule has 3 aromatic carbocycles. The van der Waals surface area contributed by atoms with Gasteiger partial charge >= 0.3 is 12.2 Å². The minimum Gasteiger partial charge on any atom is -0.497 e. The number of hydrogen-bond donors (Lipinski definition) is 2. The van der Waals surface area contributed by atoms with Gasteiger partial charge in [0.1, 0.15) is 28.8 Å². The minimum absolute atomic E-state index is 0.0436. The summed E-state index contributed by atoms with van der Waals surface area (Å²) in [5, 5.41) is 5.61. The van der Waals surface area contributed by atoms with Crippen LogP contribution in [-0.2, 0) is 41.9 Å². The molecule has 1 aromatic heterocycles. The molecule has 1 aliphatic heterocycles. The van der Waals surface area contributed by atoms with Crippen molar-refractivity contribution in [2.24, 2.45) is 0 Å². The van der Waals surface area contributed by atoms with Gasteiger partial charge in [0.25, 0.3) is 0 Å². The first-order valence-corrected chi connectivity index (χ1v) is 20.4. The van der Waals surface area contributed by atoms with Crippen LogP contribution in [0.2, 0.25) is 0 Å². The van der Waals surface area contributed by atoms with Crippen LogP contribution in [0.15, 0.2) is 65.7 Å². The van der Waals surface area contributed by atoms with Crippen molar-refractivity contribution in [3.05, 3.63) is 83.3 Å². The summed E-state index contributed by atoms with van der Waals surface area (Å²) >= 11 is 0. The van der Waals surface area contributed by atoms with E-state index in [4.69, 9.17) is 14.2 Å². The third kappa shape index (κ3) is 9.50. The molecule has 0 saturated heterocycles. The number of ether oxygens (including phenoxy) is 3. The van der Waals surface area contributed by atoms with Crippen LogP contribution in [0.25, 0.3) is 10.8 Å². The molecule has 0 radical (unpaired) electrons. The van der Waals surface area contributed by atoms with Crippen molar-refractivity contribution in [2.75, 3.05) is 29.7 Å². The summed E-state index contributed by atoms with van der Waals surface area (Å²) in [6.07, 6.45) is 0.170. The summed E-state index contributed by atoms with van der Waals surface area (Å²) in [7, 11) is -0.663. The summed E-state index contributed by atoms with van der Waals surface area (Å²) in [5.74, 6) is -1.34. The predicted molar refractivity (Wildman–Crippen MR) is 216 cm³/mol. The minimum atomic E-state index is -3.69. The SMILES string of the molecule is COc1cc2cc(c1)C(Nc1ccc3c(N(C(=O)OC(C)(C)C)C(=O)OC(C)(C)C)ncc(F)c3c1)C(=O)N(C)Cc1cc(ccc1S(=O)(=O)C1CC1)NC(=O)CC2. The molecule has 2 N–H and O–H groups in total. The van der Waals surface area contributed by atoms with E-state index in [1.165, 1.54) is 30.2 Å². The molecule has 0 spiro atoms. The number of aryl methyl sites for hydroxylation is 1. The van der Waals surface area contributed by atoms with Gasteiger partial charge in [-0.2, -0.15) is 4.90 Å². The number of sulfone groups is 1. The highest BCUT2D eigenvalue weighted by molar-refractivity contribution is 7.92. The van der Waals surface area contributed by atoms with Crippen LogP contribution in [0.3, 0.4) is 0 Å². The number of amides is 4. The van der Waals surface area contributed by atoms with E-state index >= 15 is 4.39 Å². The van der Waals surface area contributed by atoms with E-state index in [-0.39, 0.29) is 52.5 Å². The number of carbonyl (C=O) groups is 4. The van der Waals surface area contributed by atoms with Gasteiger partial charge in [0.15, 0.2) is 15.7 Å². The number of imide groups is 1. The van der Waals surface area contributed by atoms with Crippen LogP contribution in [-0.4, -0.2) is 72.9 Å². The van der Waals surface area contributed by atoms with Crippen molar-refractivity contribution in [1.29, 1.82) is 0 Å². The maximum absolute atomic E-state index is 15.7. The molecule has 1 atom stereocenters. The first-order valence-electron chi connectivity index (χ1n) is 18.8. The van der Waals surface area contributed by atoms with Crippen molar-refractivity contribution in [3.63, 3.8) is 0 Å². The fourth-order valence-electron chi connectivity index (χ4n) is 6.54. The van der Waals surface area contributed by atoms with Gasteiger partial charge in [0.05, 0.1) is 23.5 Å². The normalized spacial score (nSPS) is 16.6. The number of fused-ring (bicyclic) bond motifs is 5. The average Bonchev–Trinajstić information content (AvgIpc) is 3.99. The third-order valence-corrected chi connectivity index (χ3v) is 11.7. The average molecular weight is 818 g/mol. The zero-order valence-electron chi connectivity index (χ0n) is 33.8. The lowest BCUT2D eigenvalue weighted by Gasteiger charge is -2.29. The van der Waals surface area contributed by atoms with Crippen LogP contribution in [0.5, 0.6) is 5.75 Å². The van der Waals surface area contributed by atoms with Crippen molar-refractivity contribution < 1.29 is 46.2 Å². The smallest absolute Gasteiger partial charge is 0.425 e. The number of methoxy groups -OCH3 is 1. The Labute approximate surface area is 336 Å². The quantitative estimate of drug-likeness (QED) is 0.195. The number of likely N-dealkylation sites (N-methyl/N-ethyl adjacent to an activating group) is 1. The zero-order chi connectivity index (χ0) is 42.3. The molecule has 16 heteroatoms. The molecule has 1 fully saturated rings. The molecule has 1 aliphatic carbocycles. The number of hydrogen-bond acceptors (Lipinski definition) is 11. The molecule has 2 aliphatic rings. The topological polar surface area (TPSA) is 174 Å². The van der Waals surface area contributed by atoms with E-state index in [2.05, 4.69) is 15.6 Å². The molecular weight excluding hydrogens is 770 g/mol. The molecule has 2 heterocycles. The van der Waals surface area contributed by atoms with Crippen LogP contribution in [0.4, 0.5) is 31.2 Å². The maximum atomic E-state index is 15.7. The van der Waals surface area contributed by atoms with Crippen molar-refractivity contribution in [3.8, 4) is 5.75 Å². The van der Waals surface area contributed by atoms with Crippen molar-refractivity contribution in [2.45, 2.75) is 101 Å². The third-order valence-electron chi connectivity index (χ3n) is 9.34. The molecule has 4 amide bonds. The molecule has 1 unspecified atom stereocenters. The highest BCUT2D eigenvalue weighted by atomic mass is 32.2. The summed E-state index contributed by atoms with van der Waals surface area (Å²) in [6.45, 7) is 9.66. The Morgan fingerprint density at radius 3 is 2.21 bits per heavy atom. The number of nitrogens with one attached hydrogen (secondary N) is 2. The molecule has 4 bridgehead atoms. The number of anilines is 3. The lowest BCUT2D eigenvalue weighted by atomic mass is 9.98. The van der Waals surface area contributed by atoms with Gasteiger partial charge in [-0.25, -0.2) is 27.4 Å². The Hall–Kier alpha value is -5.77. The monoisotopic (exact) mass is 817 g/mol. The van der Waals surface area contributed by atoms with E-state index < -0.39 is 56.2 Å². The van der Waals surface area contributed by atoms with Crippen LogP contribution in [0, 0.1) is 5.82 Å². The van der Waals surface area contributed by atoms with Crippen LogP contribution >= 0.6 is 0 Å². The Balaban J connectivity index is 1.44. The van der Waals surface area contributed by atoms with Crippen LogP contribution in [0.1, 0.15) is 83.5 Å². The summed E-state index contributed by atoms with van der Waals surface area (Å²) in [4.78, 5) is 60.9. The molecule has 6 rings (SSSR count). The van der Waals surface area contributed by atoms with Crippen LogP contribution < -0.4 is 20.3 Å². The van der Waals surface area contributed by atoms with Gasteiger partial charge in [-0.05, 0) is 126 Å². The lowest BCUT2D eigenvalue weighted by molar-refractivity contribution is -0.131. The second kappa shape index (κ2) is 15.9. The molecular formula is C42H48FN5O9S. The first kappa shape index (κ1) is 41.9. The molecule has 14 nitrogen and oxygen atoms in total. The number of halogens is 1. The van der Waals surface area contributed by atoms with Gasteiger partial charge in [0.2, 0.25) is 11.8 Å². The molecule has 4 aromatic rings. The van der Waals surface area contributed by atoms with Crippen molar-refractivity contribution >= 4 is 61.8 Å². The number of carbonyl (C=O) groups excluding carboxylic acids is 4. The zero-order valence-corrected chi connectivity index (χ0v) is 34.6. The van der Waals surface area contributed by atoms with Gasteiger partial charge in [-0.3, -0.25) is 9.59 Å². The highest BCUT2D eigenvalue weighted by Gasteiger charge is 2.39. The molecule has 1 saturated carbocycles. The Kier molecular flexibility index (Phi) is 11.5. The summed E-state index contributed by atoms with van der Waals surface area (Å²) in [5.41, 5.74) is 0.185. The fourth-order valence-corrected chi connectivity index (χ4v) is 8.41. The van der Waals surface area contributed by atoms with Crippen molar-refractivity contribution in [1.82, 2.24) is 9.88 Å². The number of rotatable bonds is 6. The maximum Gasteiger partial charge on any atom is 0.425 e. The number of pyridine rings is 1. The highest BCUT2D eigenvalue weighted by Crippen LogP contribution is 2.37. The lowest BCUT2D eigenvalue weighted by Crippen LogP contribution is -2.44. The second-order valence-corrected chi connectivity index (χ2v) is 18.7. The van der Waals surface area contributed by atoms with E-state index in [1.807, 2.05) is 0 Å². The fraction of sp³-hybridized carbons (Fsp3) is 0.405. The number of benzene rings is 3. The Bertz CT molecular complexity index is 2380. The molecule has 58 heavy (non-hydrogen) atoms. The largest absolute Gasteiger partial charge is 0.497 e.